The van der Waals surface area contributed by atoms with Gasteiger partial charge in [-0.1, -0.05) is 35.0 Å². The summed E-state index contributed by atoms with van der Waals surface area (Å²) >= 11 is 6.44. The molecule has 0 unspecified atom stereocenters. The standard InChI is InChI=1S/C24H28ClNO8/c1-2-33-26-9-10-31-18-6-3-15(4-7-18)11-16-12-17(5-8-19(16)25)24-22(30)20(28)21(29)23(13-27,34-24)14-32-24/h3-9,12,20-22,27-30H,2,10-11,13-14H2,1H3/b26-9+/t20-,21-,22+,23-,24-/m0/s1. The lowest BCUT2D eigenvalue weighted by atomic mass is 9.83. The van der Waals surface area contributed by atoms with E-state index in [9.17, 15) is 20.4 Å². The summed E-state index contributed by atoms with van der Waals surface area (Å²) in [7, 11) is 0. The van der Waals surface area contributed by atoms with Crippen molar-refractivity contribution in [2.24, 2.45) is 5.16 Å². The van der Waals surface area contributed by atoms with Gasteiger partial charge in [-0.3, -0.25) is 0 Å². The maximum Gasteiger partial charge on any atom is 0.225 e. The zero-order chi connectivity index (χ0) is 24.3. The summed E-state index contributed by atoms with van der Waals surface area (Å²) in [5.41, 5.74) is 0.605. The molecule has 2 aromatic rings. The lowest BCUT2D eigenvalue weighted by Crippen LogP contribution is -2.65. The van der Waals surface area contributed by atoms with E-state index in [4.69, 9.17) is 30.6 Å². The Hall–Kier alpha value is -2.24. The van der Waals surface area contributed by atoms with Gasteiger partial charge in [0.1, 0.15) is 42.9 Å². The molecule has 2 saturated heterocycles. The van der Waals surface area contributed by atoms with Gasteiger partial charge in [0.2, 0.25) is 5.79 Å². The molecule has 2 aliphatic heterocycles. The van der Waals surface area contributed by atoms with Gasteiger partial charge in [-0.05, 0) is 48.7 Å². The van der Waals surface area contributed by atoms with Crippen LogP contribution in [0.25, 0.3) is 0 Å². The van der Waals surface area contributed by atoms with Crippen LogP contribution in [0.5, 0.6) is 5.75 Å². The number of aliphatic hydroxyl groups excluding tert-OH is 4. The number of fused-ring (bicyclic) bond motifs is 2. The second kappa shape index (κ2) is 10.2. The van der Waals surface area contributed by atoms with E-state index in [1.165, 1.54) is 6.21 Å². The zero-order valence-electron chi connectivity index (χ0n) is 18.6. The molecular weight excluding hydrogens is 466 g/mol. The molecule has 2 heterocycles. The second-order valence-corrected chi connectivity index (χ2v) is 8.71. The lowest BCUT2D eigenvalue weighted by molar-refractivity contribution is -0.329. The van der Waals surface area contributed by atoms with Crippen molar-refractivity contribution in [3.63, 3.8) is 0 Å². The van der Waals surface area contributed by atoms with E-state index in [0.29, 0.717) is 29.4 Å². The Morgan fingerprint density at radius 2 is 1.91 bits per heavy atom. The number of benzene rings is 2. The molecule has 2 aromatic carbocycles. The van der Waals surface area contributed by atoms with E-state index in [2.05, 4.69) is 5.16 Å². The van der Waals surface area contributed by atoms with Crippen molar-refractivity contribution in [1.29, 1.82) is 0 Å². The number of hydrogen-bond acceptors (Lipinski definition) is 9. The van der Waals surface area contributed by atoms with Gasteiger partial charge in [0.25, 0.3) is 0 Å². The molecule has 4 rings (SSSR count). The SMILES string of the molecule is CCO/N=C/COc1ccc(Cc2cc([C@]34OC[C@](CO)(O3)[C@@H](O)[C@H](O)[C@H]4O)ccc2Cl)cc1. The van der Waals surface area contributed by atoms with E-state index >= 15 is 0 Å². The summed E-state index contributed by atoms with van der Waals surface area (Å²) in [5, 5.41) is 45.5. The Bertz CT molecular complexity index is 1020. The number of aliphatic hydroxyl groups is 4. The van der Waals surface area contributed by atoms with Gasteiger partial charge in [-0.15, -0.1) is 0 Å². The number of nitrogens with zero attached hydrogens (tertiary/aromatic N) is 1. The fraction of sp³-hybridized carbons (Fsp3) is 0.458. The van der Waals surface area contributed by atoms with Crippen LogP contribution in [0.1, 0.15) is 23.6 Å². The molecule has 0 aromatic heterocycles. The smallest absolute Gasteiger partial charge is 0.225 e. The summed E-state index contributed by atoms with van der Waals surface area (Å²) in [5.74, 6) is -1.06. The van der Waals surface area contributed by atoms with Crippen LogP contribution in [0.2, 0.25) is 5.02 Å². The van der Waals surface area contributed by atoms with Gasteiger partial charge in [-0.25, -0.2) is 0 Å². The molecule has 0 saturated carbocycles. The molecule has 4 N–H and O–H groups in total. The van der Waals surface area contributed by atoms with Crippen LogP contribution in [0.4, 0.5) is 0 Å². The highest BCUT2D eigenvalue weighted by atomic mass is 35.5. The predicted molar refractivity (Wildman–Crippen MR) is 123 cm³/mol. The van der Waals surface area contributed by atoms with Gasteiger partial charge in [-0.2, -0.15) is 0 Å². The molecule has 0 aliphatic carbocycles. The molecule has 0 amide bonds. The lowest BCUT2D eigenvalue weighted by Gasteiger charge is -2.46. The number of halogens is 1. The molecule has 0 radical (unpaired) electrons. The molecule has 184 valence electrons. The average Bonchev–Trinajstić information content (AvgIpc) is 3.24. The predicted octanol–water partition coefficient (Wildman–Crippen LogP) is 1.36. The summed E-state index contributed by atoms with van der Waals surface area (Å²) in [6, 6.07) is 12.5. The third-order valence-electron chi connectivity index (χ3n) is 6.10. The van der Waals surface area contributed by atoms with E-state index in [1.807, 2.05) is 31.2 Å². The Balaban J connectivity index is 1.52. The largest absolute Gasteiger partial charge is 0.488 e. The van der Waals surface area contributed by atoms with Crippen molar-refractivity contribution in [3.05, 3.63) is 64.2 Å². The molecule has 2 bridgehead atoms. The highest BCUT2D eigenvalue weighted by Crippen LogP contribution is 2.49. The first-order valence-corrected chi connectivity index (χ1v) is 11.4. The number of hydrogen-bond donors (Lipinski definition) is 4. The van der Waals surface area contributed by atoms with E-state index in [-0.39, 0.29) is 13.2 Å². The minimum atomic E-state index is -1.73. The van der Waals surface area contributed by atoms with Gasteiger partial charge in [0, 0.05) is 10.6 Å². The minimum Gasteiger partial charge on any atom is -0.488 e. The Labute approximate surface area is 202 Å². The monoisotopic (exact) mass is 493 g/mol. The van der Waals surface area contributed by atoms with E-state index in [1.54, 1.807) is 18.2 Å². The topological polar surface area (TPSA) is 130 Å². The van der Waals surface area contributed by atoms with Crippen molar-refractivity contribution in [3.8, 4) is 5.75 Å². The fourth-order valence-corrected chi connectivity index (χ4v) is 4.40. The molecule has 0 spiro atoms. The number of oxime groups is 1. The van der Waals surface area contributed by atoms with Crippen molar-refractivity contribution in [2.45, 2.75) is 43.0 Å². The molecule has 9 nitrogen and oxygen atoms in total. The first-order chi connectivity index (χ1) is 16.3. The van der Waals surface area contributed by atoms with Crippen LogP contribution in [0.15, 0.2) is 47.6 Å². The Kier molecular flexibility index (Phi) is 7.44. The molecule has 2 aliphatic rings. The first kappa shape index (κ1) is 24.9. The van der Waals surface area contributed by atoms with Crippen LogP contribution in [0.3, 0.4) is 0 Å². The molecule has 5 atom stereocenters. The minimum absolute atomic E-state index is 0.187. The first-order valence-electron chi connectivity index (χ1n) is 11.0. The molecular formula is C24H28ClNO8. The number of rotatable bonds is 9. The summed E-state index contributed by atoms with van der Waals surface area (Å²) in [6.07, 6.45) is -2.62. The highest BCUT2D eigenvalue weighted by molar-refractivity contribution is 6.31. The molecule has 2 fully saturated rings. The normalized spacial score (nSPS) is 30.6. The summed E-state index contributed by atoms with van der Waals surface area (Å²) < 4.78 is 17.3. The van der Waals surface area contributed by atoms with Crippen molar-refractivity contribution >= 4 is 17.8 Å². The average molecular weight is 494 g/mol. The third-order valence-corrected chi connectivity index (χ3v) is 6.47. The van der Waals surface area contributed by atoms with Gasteiger partial charge in [0.15, 0.2) is 0 Å². The van der Waals surface area contributed by atoms with Crippen molar-refractivity contribution < 1.29 is 39.5 Å². The Morgan fingerprint density at radius 3 is 2.62 bits per heavy atom. The third kappa shape index (κ3) is 4.52. The summed E-state index contributed by atoms with van der Waals surface area (Å²) in [6.45, 7) is 1.87. The maximum atomic E-state index is 10.7. The quantitative estimate of drug-likeness (QED) is 0.304. The maximum absolute atomic E-state index is 10.7. The van der Waals surface area contributed by atoms with Crippen molar-refractivity contribution in [2.75, 3.05) is 26.4 Å². The molecule has 10 heteroatoms. The van der Waals surface area contributed by atoms with Crippen LogP contribution in [-0.2, 0) is 26.5 Å². The highest BCUT2D eigenvalue weighted by Gasteiger charge is 2.67. The van der Waals surface area contributed by atoms with E-state index in [0.717, 1.165) is 11.1 Å². The second-order valence-electron chi connectivity index (χ2n) is 8.31. The van der Waals surface area contributed by atoms with Crippen LogP contribution >= 0.6 is 11.6 Å². The van der Waals surface area contributed by atoms with Gasteiger partial charge >= 0.3 is 0 Å². The van der Waals surface area contributed by atoms with Crippen LogP contribution < -0.4 is 4.74 Å². The zero-order valence-corrected chi connectivity index (χ0v) is 19.4. The number of ether oxygens (including phenoxy) is 3. The Morgan fingerprint density at radius 1 is 1.15 bits per heavy atom. The summed E-state index contributed by atoms with van der Waals surface area (Å²) in [4.78, 5) is 4.87. The van der Waals surface area contributed by atoms with Gasteiger partial charge < -0.3 is 39.5 Å². The van der Waals surface area contributed by atoms with Crippen LogP contribution in [0, 0.1) is 0 Å². The van der Waals surface area contributed by atoms with Gasteiger partial charge in [0.05, 0.1) is 19.4 Å². The molecule has 34 heavy (non-hydrogen) atoms. The van der Waals surface area contributed by atoms with Crippen molar-refractivity contribution in [1.82, 2.24) is 0 Å². The fourth-order valence-electron chi connectivity index (χ4n) is 4.22. The van der Waals surface area contributed by atoms with Crippen LogP contribution in [-0.4, -0.2) is 77.0 Å². The van der Waals surface area contributed by atoms with E-state index < -0.39 is 36.3 Å².